The Labute approximate surface area is 94.7 Å². The lowest BCUT2D eigenvalue weighted by Crippen LogP contribution is -2.02. The molecule has 5 nitrogen and oxygen atoms in total. The van der Waals surface area contributed by atoms with E-state index in [1.807, 2.05) is 0 Å². The zero-order valence-electron chi connectivity index (χ0n) is 7.68. The third kappa shape index (κ3) is 2.92. The number of carbonyl (C=O) groups is 1. The molecule has 0 saturated heterocycles. The zero-order chi connectivity index (χ0) is 11.3. The summed E-state index contributed by atoms with van der Waals surface area (Å²) in [4.78, 5) is 14.3. The molecule has 0 spiro atoms. The summed E-state index contributed by atoms with van der Waals surface area (Å²) < 4.78 is 0. The Kier molecular flexibility index (Phi) is 4.54. The summed E-state index contributed by atoms with van der Waals surface area (Å²) in [5, 5.41) is 20.8. The van der Waals surface area contributed by atoms with E-state index in [9.17, 15) is 9.90 Å². The van der Waals surface area contributed by atoms with E-state index >= 15 is 0 Å². The molecule has 0 saturated carbocycles. The molecule has 15 heavy (non-hydrogen) atoms. The number of halogens is 1. The molecule has 0 bridgehead atoms. The van der Waals surface area contributed by atoms with Gasteiger partial charge in [0.1, 0.15) is 0 Å². The second-order valence-corrected chi connectivity index (χ2v) is 3.43. The van der Waals surface area contributed by atoms with Crippen LogP contribution in [0.2, 0.25) is 0 Å². The first-order chi connectivity index (χ1) is 7.22. The number of nitrogens with one attached hydrogen (secondary N) is 1. The molecule has 1 aromatic rings. The number of carbonyl (C=O) groups excluding carboxylic acids is 1. The molecule has 1 aromatic carbocycles. The highest BCUT2D eigenvalue weighted by molar-refractivity contribution is 9.09. The van der Waals surface area contributed by atoms with Gasteiger partial charge in [-0.25, -0.2) is 5.26 Å². The second kappa shape index (κ2) is 5.69. The second-order valence-electron chi connectivity index (χ2n) is 2.78. The average molecular weight is 276 g/mol. The van der Waals surface area contributed by atoms with Crippen LogP contribution in [-0.2, 0) is 4.79 Å². The Hall–Kier alpha value is -1.11. The Balaban J connectivity index is 3.03. The summed E-state index contributed by atoms with van der Waals surface area (Å²) in [6, 6.07) is 4.56. The molecule has 3 N–H and O–H groups in total. The van der Waals surface area contributed by atoms with Crippen molar-refractivity contribution in [2.75, 3.05) is 10.6 Å². The van der Waals surface area contributed by atoms with Gasteiger partial charge in [0.15, 0.2) is 5.75 Å². The number of hydrogen-bond donors (Lipinski definition) is 3. The first kappa shape index (κ1) is 12.0. The molecule has 6 heteroatoms. The van der Waals surface area contributed by atoms with Crippen molar-refractivity contribution in [1.82, 2.24) is 0 Å². The van der Waals surface area contributed by atoms with Crippen molar-refractivity contribution in [1.29, 1.82) is 0 Å². The van der Waals surface area contributed by atoms with E-state index in [1.54, 1.807) is 6.07 Å². The van der Waals surface area contributed by atoms with Crippen LogP contribution in [0.3, 0.4) is 0 Å². The fraction of sp³-hybridized carbons (Fsp3) is 0.222. The van der Waals surface area contributed by atoms with Crippen LogP contribution in [0.15, 0.2) is 18.2 Å². The number of aliphatic hydroxyl groups is 1. The summed E-state index contributed by atoms with van der Waals surface area (Å²) in [5.74, 6) is 0.118. The molecule has 82 valence electrons. The smallest absolute Gasteiger partial charge is 0.211 e. The van der Waals surface area contributed by atoms with Gasteiger partial charge in [-0.3, -0.25) is 4.79 Å². The van der Waals surface area contributed by atoms with Crippen molar-refractivity contribution in [3.05, 3.63) is 23.8 Å². The van der Waals surface area contributed by atoms with E-state index in [0.29, 0.717) is 23.0 Å². The van der Waals surface area contributed by atoms with Crippen LogP contribution < -0.4 is 10.2 Å². The van der Waals surface area contributed by atoms with E-state index in [4.69, 9.17) is 5.26 Å². The molecule has 0 aliphatic rings. The van der Waals surface area contributed by atoms with Crippen LogP contribution in [-0.4, -0.2) is 22.1 Å². The van der Waals surface area contributed by atoms with Crippen molar-refractivity contribution in [3.8, 4) is 5.75 Å². The van der Waals surface area contributed by atoms with Gasteiger partial charge >= 0.3 is 0 Å². The lowest BCUT2D eigenvalue weighted by Gasteiger charge is -2.11. The van der Waals surface area contributed by atoms with Crippen molar-refractivity contribution in [2.45, 2.75) is 6.10 Å². The van der Waals surface area contributed by atoms with Crippen LogP contribution >= 0.6 is 15.9 Å². The summed E-state index contributed by atoms with van der Waals surface area (Å²) in [6.07, 6.45) is -0.216. The Morgan fingerprint density at radius 1 is 1.60 bits per heavy atom. The largest absolute Gasteiger partial charge is 0.388 e. The number of alkyl halides is 1. The molecule has 0 radical (unpaired) electrons. The first-order valence-electron chi connectivity index (χ1n) is 4.12. The molecule has 0 aromatic heterocycles. The lowest BCUT2D eigenvalue weighted by molar-refractivity contribution is -0.137. The van der Waals surface area contributed by atoms with Crippen LogP contribution in [0.25, 0.3) is 0 Å². The maximum absolute atomic E-state index is 10.3. The number of amides is 1. The molecular formula is C9H10BrNO4. The number of benzene rings is 1. The van der Waals surface area contributed by atoms with E-state index in [2.05, 4.69) is 26.1 Å². The van der Waals surface area contributed by atoms with Gasteiger partial charge in [-0.2, -0.15) is 0 Å². The Bertz CT molecular complexity index is 345. The van der Waals surface area contributed by atoms with Crippen molar-refractivity contribution in [2.24, 2.45) is 0 Å². The van der Waals surface area contributed by atoms with Gasteiger partial charge in [-0.05, 0) is 17.7 Å². The number of anilines is 1. The summed E-state index contributed by atoms with van der Waals surface area (Å²) >= 11 is 3.13. The maximum atomic E-state index is 10.3. The van der Waals surface area contributed by atoms with Gasteiger partial charge in [0.25, 0.3) is 0 Å². The van der Waals surface area contributed by atoms with Gasteiger partial charge in [0.05, 0.1) is 11.8 Å². The molecule has 1 amide bonds. The van der Waals surface area contributed by atoms with Gasteiger partial charge < -0.3 is 15.3 Å². The molecule has 1 rings (SSSR count). The highest BCUT2D eigenvalue weighted by atomic mass is 79.9. The lowest BCUT2D eigenvalue weighted by atomic mass is 10.1. The minimum absolute atomic E-state index is 0.118. The standard InChI is InChI=1S/C9H10BrNO4/c10-4-8(13)6-1-2-9(15-14)7(3-6)11-5-12/h1-3,5,8,13-14H,4H2,(H,11,12). The first-order valence-corrected chi connectivity index (χ1v) is 5.24. The van der Waals surface area contributed by atoms with Crippen molar-refractivity contribution in [3.63, 3.8) is 0 Å². The topological polar surface area (TPSA) is 78.8 Å². The van der Waals surface area contributed by atoms with Gasteiger partial charge in [0, 0.05) is 5.33 Å². The van der Waals surface area contributed by atoms with Crippen molar-refractivity contribution < 1.29 is 20.0 Å². The SMILES string of the molecule is O=CNc1cc(C(O)CBr)ccc1OO. The zero-order valence-corrected chi connectivity index (χ0v) is 9.27. The minimum atomic E-state index is -0.676. The average Bonchev–Trinajstić information content (AvgIpc) is 2.28. The molecule has 1 atom stereocenters. The third-order valence-electron chi connectivity index (χ3n) is 1.85. The van der Waals surface area contributed by atoms with E-state index in [-0.39, 0.29) is 5.75 Å². The minimum Gasteiger partial charge on any atom is -0.388 e. The Morgan fingerprint density at radius 3 is 2.87 bits per heavy atom. The number of rotatable bonds is 5. The predicted molar refractivity (Wildman–Crippen MR) is 58.1 cm³/mol. The van der Waals surface area contributed by atoms with E-state index in [0.717, 1.165) is 0 Å². The maximum Gasteiger partial charge on any atom is 0.211 e. The van der Waals surface area contributed by atoms with Gasteiger partial charge in [0.2, 0.25) is 6.41 Å². The molecule has 0 heterocycles. The Morgan fingerprint density at radius 2 is 2.33 bits per heavy atom. The summed E-state index contributed by atoms with van der Waals surface area (Å²) in [5.41, 5.74) is 0.905. The third-order valence-corrected chi connectivity index (χ3v) is 2.46. The van der Waals surface area contributed by atoms with Crippen molar-refractivity contribution >= 4 is 28.0 Å². The summed E-state index contributed by atoms with van der Waals surface area (Å²) in [6.45, 7) is 0. The molecule has 1 unspecified atom stereocenters. The fourth-order valence-corrected chi connectivity index (χ4v) is 1.47. The molecule has 0 fully saturated rings. The quantitative estimate of drug-likeness (QED) is 0.330. The molecule has 0 aliphatic heterocycles. The van der Waals surface area contributed by atoms with Gasteiger partial charge in [-0.15, -0.1) is 0 Å². The molecule has 0 aliphatic carbocycles. The van der Waals surface area contributed by atoms with E-state index in [1.165, 1.54) is 12.1 Å². The highest BCUT2D eigenvalue weighted by Crippen LogP contribution is 2.28. The van der Waals surface area contributed by atoms with Crippen LogP contribution in [0.4, 0.5) is 5.69 Å². The van der Waals surface area contributed by atoms with E-state index < -0.39 is 6.10 Å². The van der Waals surface area contributed by atoms with Crippen LogP contribution in [0.1, 0.15) is 11.7 Å². The fourth-order valence-electron chi connectivity index (χ4n) is 1.10. The van der Waals surface area contributed by atoms with Crippen LogP contribution in [0.5, 0.6) is 5.75 Å². The molecular weight excluding hydrogens is 266 g/mol. The highest BCUT2D eigenvalue weighted by Gasteiger charge is 2.10. The number of hydrogen-bond acceptors (Lipinski definition) is 4. The predicted octanol–water partition coefficient (Wildman–Crippen LogP) is 1.54. The van der Waals surface area contributed by atoms with Gasteiger partial charge in [-0.1, -0.05) is 22.0 Å². The van der Waals surface area contributed by atoms with Crippen LogP contribution in [0, 0.1) is 0 Å². The summed E-state index contributed by atoms with van der Waals surface area (Å²) in [7, 11) is 0. The number of aliphatic hydroxyl groups excluding tert-OH is 1. The monoisotopic (exact) mass is 275 g/mol. The normalized spacial score (nSPS) is 11.9.